The van der Waals surface area contributed by atoms with E-state index in [1.807, 2.05) is 57.7 Å². The van der Waals surface area contributed by atoms with Gasteiger partial charge in [0.2, 0.25) is 5.95 Å². The number of amides is 2. The number of carbonyl (C=O) groups is 1. The molecule has 0 unspecified atom stereocenters. The summed E-state index contributed by atoms with van der Waals surface area (Å²) in [5.41, 5.74) is 5.49. The van der Waals surface area contributed by atoms with Crippen LogP contribution in [0, 0.1) is 0 Å². The molecule has 5 heterocycles. The lowest BCUT2D eigenvalue weighted by Crippen LogP contribution is -2.43. The van der Waals surface area contributed by atoms with E-state index in [4.69, 9.17) is 21.4 Å². The minimum Gasteiger partial charge on any atom is -0.484 e. The number of urea groups is 1. The predicted molar refractivity (Wildman–Crippen MR) is 213 cm³/mol. The number of piperidine rings is 1. The maximum atomic E-state index is 13.8. The van der Waals surface area contributed by atoms with Crippen LogP contribution in [0.1, 0.15) is 87.4 Å². The highest BCUT2D eigenvalue weighted by molar-refractivity contribution is 6.30. The van der Waals surface area contributed by atoms with Gasteiger partial charge in [-0.2, -0.15) is 5.10 Å². The lowest BCUT2D eigenvalue weighted by atomic mass is 9.85. The zero-order valence-electron chi connectivity index (χ0n) is 31.8. The molecule has 0 radical (unpaired) electrons. The molecule has 13 heteroatoms. The number of piperazine rings is 1. The van der Waals surface area contributed by atoms with Gasteiger partial charge in [0.25, 0.3) is 0 Å². The smallest absolute Gasteiger partial charge is 0.320 e. The number of fused-ring (bicyclic) bond motifs is 2. The highest BCUT2D eigenvalue weighted by Gasteiger charge is 2.30. The van der Waals surface area contributed by atoms with Gasteiger partial charge in [-0.1, -0.05) is 56.6 Å². The van der Waals surface area contributed by atoms with E-state index < -0.39 is 0 Å². The minimum atomic E-state index is -0.293. The predicted octanol–water partition coefficient (Wildman–Crippen LogP) is 7.38. The van der Waals surface area contributed by atoms with E-state index in [0.717, 1.165) is 104 Å². The third kappa shape index (κ3) is 7.92. The number of likely N-dealkylation sites (N-methyl/N-ethyl adjacent to an activating group) is 1. The number of rotatable bonds is 8. The molecular weight excluding hydrogens is 700 g/mol. The topological polar surface area (TPSA) is 108 Å². The van der Waals surface area contributed by atoms with Crippen molar-refractivity contribution in [3.8, 4) is 11.4 Å². The number of carbonyl (C=O) groups excluding carboxylic acids is 1. The fourth-order valence-electron chi connectivity index (χ4n) is 7.88. The molecule has 2 N–H and O–H groups in total. The summed E-state index contributed by atoms with van der Waals surface area (Å²) in [5.74, 6) is 2.22. The van der Waals surface area contributed by atoms with E-state index in [9.17, 15) is 4.79 Å². The fraction of sp³-hybridized carbons (Fsp3) is 0.463. The average Bonchev–Trinajstić information content (AvgIpc) is 3.78. The first-order valence-corrected chi connectivity index (χ1v) is 19.7. The van der Waals surface area contributed by atoms with Gasteiger partial charge in [-0.25, -0.2) is 9.48 Å². The second-order valence-corrected chi connectivity index (χ2v) is 16.5. The van der Waals surface area contributed by atoms with Gasteiger partial charge in [-0.3, -0.25) is 14.6 Å². The van der Waals surface area contributed by atoms with Crippen molar-refractivity contribution >= 4 is 35.0 Å². The molecule has 2 atom stereocenters. The van der Waals surface area contributed by atoms with Crippen LogP contribution in [0.25, 0.3) is 11.3 Å². The van der Waals surface area contributed by atoms with Crippen LogP contribution in [0.15, 0.2) is 66.9 Å². The summed E-state index contributed by atoms with van der Waals surface area (Å²) < 4.78 is 10.5. The summed E-state index contributed by atoms with van der Waals surface area (Å²) in [5, 5.41) is 21.0. The molecule has 2 aromatic carbocycles. The lowest BCUT2D eigenvalue weighted by Gasteiger charge is -2.32. The summed E-state index contributed by atoms with van der Waals surface area (Å²) in [7, 11) is 2.16. The molecule has 5 aromatic rings. The Morgan fingerprint density at radius 1 is 0.907 bits per heavy atom. The second-order valence-electron chi connectivity index (χ2n) is 16.1. The molecule has 284 valence electrons. The van der Waals surface area contributed by atoms with Crippen molar-refractivity contribution in [2.24, 2.45) is 0 Å². The Kier molecular flexibility index (Phi) is 10.3. The summed E-state index contributed by atoms with van der Waals surface area (Å²) in [6.45, 7) is 13.3. The van der Waals surface area contributed by atoms with Gasteiger partial charge in [0, 0.05) is 62.3 Å². The summed E-state index contributed by atoms with van der Waals surface area (Å²) in [6, 6.07) is 19.7. The molecule has 2 saturated heterocycles. The van der Waals surface area contributed by atoms with Gasteiger partial charge in [0.05, 0.1) is 23.6 Å². The first-order valence-electron chi connectivity index (χ1n) is 19.3. The highest BCUT2D eigenvalue weighted by Crippen LogP contribution is 2.39. The van der Waals surface area contributed by atoms with E-state index >= 15 is 0 Å². The van der Waals surface area contributed by atoms with Crippen LogP contribution in [0.2, 0.25) is 5.02 Å². The summed E-state index contributed by atoms with van der Waals surface area (Å²) >= 11 is 6.71. The van der Waals surface area contributed by atoms with Crippen LogP contribution < -0.4 is 20.3 Å². The minimum absolute atomic E-state index is 0.159. The monoisotopic (exact) mass is 750 g/mol. The van der Waals surface area contributed by atoms with Gasteiger partial charge in [0.1, 0.15) is 17.7 Å². The Balaban J connectivity index is 0.991. The lowest BCUT2D eigenvalue weighted by molar-refractivity contribution is 0.148. The number of ether oxygens (including phenoxy) is 1. The summed E-state index contributed by atoms with van der Waals surface area (Å²) in [6.07, 6.45) is 6.89. The Bertz CT molecular complexity index is 2110. The molecule has 1 aliphatic carbocycles. The van der Waals surface area contributed by atoms with Crippen molar-refractivity contribution in [2.45, 2.75) is 77.0 Å². The van der Waals surface area contributed by atoms with Crippen LogP contribution in [0.3, 0.4) is 0 Å². The third-order valence-corrected chi connectivity index (χ3v) is 11.1. The van der Waals surface area contributed by atoms with Crippen LogP contribution in [-0.2, 0) is 12.0 Å². The van der Waals surface area contributed by atoms with Crippen molar-refractivity contribution in [1.82, 2.24) is 39.5 Å². The maximum Gasteiger partial charge on any atom is 0.320 e. The molecule has 12 nitrogen and oxygen atoms in total. The molecule has 0 bridgehead atoms. The number of hydrogen-bond donors (Lipinski definition) is 2. The number of halogens is 1. The largest absolute Gasteiger partial charge is 0.484 e. The van der Waals surface area contributed by atoms with Gasteiger partial charge in [-0.15, -0.1) is 10.2 Å². The summed E-state index contributed by atoms with van der Waals surface area (Å²) in [4.78, 5) is 21.0. The molecule has 2 amide bonds. The number of pyridine rings is 1. The van der Waals surface area contributed by atoms with Gasteiger partial charge in [0.15, 0.2) is 5.65 Å². The van der Waals surface area contributed by atoms with Crippen LogP contribution in [-0.4, -0.2) is 86.5 Å². The molecule has 2 fully saturated rings. The number of nitrogens with one attached hydrogen (secondary N) is 2. The number of benzene rings is 2. The van der Waals surface area contributed by atoms with Crippen LogP contribution in [0.5, 0.6) is 5.75 Å². The zero-order valence-corrected chi connectivity index (χ0v) is 32.5. The number of hydrogen-bond acceptors (Lipinski definition) is 8. The quantitative estimate of drug-likeness (QED) is 0.169. The first kappa shape index (κ1) is 36.3. The number of anilines is 2. The Labute approximate surface area is 322 Å². The molecule has 54 heavy (non-hydrogen) atoms. The molecule has 0 saturated carbocycles. The van der Waals surface area contributed by atoms with Gasteiger partial charge in [-0.05, 0) is 86.2 Å². The number of aromatic nitrogens is 5. The molecule has 3 aromatic heterocycles. The Morgan fingerprint density at radius 3 is 2.46 bits per heavy atom. The number of nitrogens with zero attached hydrogens (tertiary/aromatic N) is 8. The van der Waals surface area contributed by atoms with E-state index in [1.54, 1.807) is 0 Å². The average molecular weight is 751 g/mol. The second kappa shape index (κ2) is 15.2. The zero-order chi connectivity index (χ0) is 37.4. The molecule has 2 aliphatic heterocycles. The fourth-order valence-corrected chi connectivity index (χ4v) is 8.13. The highest BCUT2D eigenvalue weighted by atomic mass is 35.5. The van der Waals surface area contributed by atoms with Crippen molar-refractivity contribution in [2.75, 3.05) is 56.5 Å². The molecular formula is C41H51ClN10O2. The Hall–Kier alpha value is -4.65. The van der Waals surface area contributed by atoms with Crippen molar-refractivity contribution < 1.29 is 9.53 Å². The SMILES string of the molecule is CN1CCN(Cc2cc(Cl)cc(-n3nc(C(C)(C)C)cc3NC(=O)N[C@H]3CC[C@@H](Oc4ccc5nnc(N6CCCCC6)n5c4)c4ccccc43)c2)CC1. The standard InChI is InChI=1S/C41H51ClN10O2/c1-41(2,3)36-25-38(52(47-36)30-23-28(22-29(42)24-30)26-49-20-18-48(4)19-21-49)44-39(53)43-34-13-14-35(33-11-7-6-10-32(33)34)54-31-12-15-37-45-46-40(51(37)27-31)50-16-8-5-9-17-50/h6-7,10-12,15,22-25,27,34-35H,5,8-9,13-14,16-21,26H2,1-4H3,(H2,43,44,53)/t34-,35+/m0/s1. The first-order chi connectivity index (χ1) is 26.1. The van der Waals surface area contributed by atoms with Crippen molar-refractivity contribution in [1.29, 1.82) is 0 Å². The van der Waals surface area contributed by atoms with Crippen LogP contribution in [0.4, 0.5) is 16.6 Å². The van der Waals surface area contributed by atoms with Crippen LogP contribution >= 0.6 is 11.6 Å². The maximum absolute atomic E-state index is 13.8. The molecule has 8 rings (SSSR count). The third-order valence-electron chi connectivity index (χ3n) is 10.9. The van der Waals surface area contributed by atoms with Gasteiger partial charge < -0.3 is 19.9 Å². The van der Waals surface area contributed by atoms with E-state index in [0.29, 0.717) is 10.8 Å². The molecule has 3 aliphatic rings. The van der Waals surface area contributed by atoms with E-state index in [-0.39, 0.29) is 23.6 Å². The van der Waals surface area contributed by atoms with Crippen molar-refractivity contribution in [3.05, 3.63) is 94.3 Å². The molecule has 0 spiro atoms. The normalized spacial score (nSPS) is 19.8. The van der Waals surface area contributed by atoms with E-state index in [1.165, 1.54) is 19.3 Å². The van der Waals surface area contributed by atoms with E-state index in [2.05, 4.69) is 81.5 Å². The Morgan fingerprint density at radius 2 is 1.69 bits per heavy atom. The van der Waals surface area contributed by atoms with Crippen molar-refractivity contribution in [3.63, 3.8) is 0 Å². The van der Waals surface area contributed by atoms with Gasteiger partial charge >= 0.3 is 6.03 Å².